The van der Waals surface area contributed by atoms with E-state index in [1.807, 2.05) is 0 Å². The molecule has 0 amide bonds. The van der Waals surface area contributed by atoms with Gasteiger partial charge in [0.2, 0.25) is 6.10 Å². The molecule has 0 N–H and O–H groups in total. The average Bonchev–Trinajstić information content (AvgIpc) is 3.05. The Bertz CT molecular complexity index is 648. The number of alkyl halides is 3. The van der Waals surface area contributed by atoms with Crippen LogP contribution in [-0.4, -0.2) is 55.7 Å². The molecule has 3 rings (SSSR count). The van der Waals surface area contributed by atoms with Gasteiger partial charge in [-0.25, -0.2) is 4.79 Å². The third kappa shape index (κ3) is 3.71. The molecule has 0 aromatic heterocycles. The van der Waals surface area contributed by atoms with Crippen LogP contribution >= 0.6 is 0 Å². The molecule has 2 heterocycles. The Morgan fingerprint density at radius 1 is 1.15 bits per heavy atom. The first-order chi connectivity index (χ1) is 12.1. The van der Waals surface area contributed by atoms with Gasteiger partial charge in [0.1, 0.15) is 18.3 Å². The lowest BCUT2D eigenvalue weighted by atomic mass is 10.1. The van der Waals surface area contributed by atoms with Gasteiger partial charge < -0.3 is 23.7 Å². The number of methoxy groups -OCH3 is 1. The van der Waals surface area contributed by atoms with Gasteiger partial charge in [0.25, 0.3) is 0 Å². The van der Waals surface area contributed by atoms with Crippen molar-refractivity contribution in [3.63, 3.8) is 0 Å². The van der Waals surface area contributed by atoms with Crippen molar-refractivity contribution in [2.45, 2.75) is 56.5 Å². The topological polar surface area (TPSA) is 63.2 Å². The summed E-state index contributed by atoms with van der Waals surface area (Å²) in [6, 6.07) is 7.42. The van der Waals surface area contributed by atoms with E-state index in [1.54, 1.807) is 19.9 Å². The molecule has 0 spiro atoms. The molecule has 0 aliphatic carbocycles. The lowest BCUT2D eigenvalue weighted by Crippen LogP contribution is -2.49. The molecule has 144 valence electrons. The molecule has 1 aromatic rings. The maximum atomic E-state index is 13.6. The molecule has 1 unspecified atom stereocenters. The number of carbonyl (C=O) groups excluding carboxylic acids is 1. The monoisotopic (exact) mass is 376 g/mol. The quantitative estimate of drug-likeness (QED) is 0.753. The molecule has 5 atom stereocenters. The van der Waals surface area contributed by atoms with E-state index in [2.05, 4.69) is 0 Å². The van der Waals surface area contributed by atoms with Crippen LogP contribution in [0.25, 0.3) is 0 Å². The fourth-order valence-corrected chi connectivity index (χ4v) is 3.10. The molecular formula is C17H19F3O6. The van der Waals surface area contributed by atoms with Crippen molar-refractivity contribution in [3.05, 3.63) is 35.9 Å². The summed E-state index contributed by atoms with van der Waals surface area (Å²) in [5.74, 6) is -2.21. The maximum absolute atomic E-state index is 13.6. The van der Waals surface area contributed by atoms with Crippen LogP contribution in [0.5, 0.6) is 0 Å². The minimum absolute atomic E-state index is 0.00325. The van der Waals surface area contributed by atoms with E-state index < -0.39 is 48.6 Å². The van der Waals surface area contributed by atoms with E-state index in [4.69, 9.17) is 23.7 Å². The van der Waals surface area contributed by atoms with Crippen molar-refractivity contribution < 1.29 is 41.7 Å². The summed E-state index contributed by atoms with van der Waals surface area (Å²) in [5, 5.41) is 0. The molecule has 2 fully saturated rings. The van der Waals surface area contributed by atoms with Gasteiger partial charge in [0, 0.05) is 7.11 Å². The second-order valence-corrected chi connectivity index (χ2v) is 6.50. The van der Waals surface area contributed by atoms with Crippen LogP contribution in [-0.2, 0) is 23.7 Å². The van der Waals surface area contributed by atoms with Gasteiger partial charge in [0.05, 0.1) is 5.56 Å². The lowest BCUT2D eigenvalue weighted by molar-refractivity contribution is -0.276. The summed E-state index contributed by atoms with van der Waals surface area (Å²) in [6.07, 6.45) is -12.0. The van der Waals surface area contributed by atoms with Gasteiger partial charge in [-0.3, -0.25) is 0 Å². The number of ether oxygens (including phenoxy) is 5. The highest BCUT2D eigenvalue weighted by Crippen LogP contribution is 2.43. The summed E-state index contributed by atoms with van der Waals surface area (Å²) < 4.78 is 67.2. The molecule has 2 aliphatic rings. The Labute approximate surface area is 148 Å². The molecule has 0 bridgehead atoms. The molecule has 26 heavy (non-hydrogen) atoms. The highest BCUT2D eigenvalue weighted by atomic mass is 19.4. The van der Waals surface area contributed by atoms with E-state index >= 15 is 0 Å². The first-order valence-electron chi connectivity index (χ1n) is 7.99. The van der Waals surface area contributed by atoms with Crippen molar-refractivity contribution >= 4 is 5.97 Å². The predicted molar refractivity (Wildman–Crippen MR) is 81.2 cm³/mol. The zero-order valence-corrected chi connectivity index (χ0v) is 14.4. The zero-order chi connectivity index (χ0) is 19.1. The Kier molecular flexibility index (Phi) is 5.00. The Hall–Kier alpha value is -1.68. The molecular weight excluding hydrogens is 357 g/mol. The third-order valence-electron chi connectivity index (χ3n) is 4.14. The molecule has 9 heteroatoms. The number of hydrogen-bond donors (Lipinski definition) is 0. The fourth-order valence-electron chi connectivity index (χ4n) is 3.10. The number of halogens is 3. The van der Waals surface area contributed by atoms with Gasteiger partial charge in [-0.1, -0.05) is 18.2 Å². The number of hydrogen-bond acceptors (Lipinski definition) is 6. The van der Waals surface area contributed by atoms with Crippen LogP contribution in [0.1, 0.15) is 24.2 Å². The number of fused-ring (bicyclic) bond motifs is 1. The summed E-state index contributed by atoms with van der Waals surface area (Å²) in [6.45, 7) is 3.15. The van der Waals surface area contributed by atoms with Crippen molar-refractivity contribution in [2.75, 3.05) is 7.11 Å². The number of carbonyl (C=O) groups is 1. The number of esters is 1. The SMILES string of the molecule is CO[C@@H]1O[C@H](C(OC(=O)c2ccccc2)C(F)(F)F)[C@H]2OC(C)(C)O[C@@H]12. The van der Waals surface area contributed by atoms with Crippen LogP contribution < -0.4 is 0 Å². The van der Waals surface area contributed by atoms with Crippen LogP contribution in [0, 0.1) is 0 Å². The molecule has 2 aliphatic heterocycles. The van der Waals surface area contributed by atoms with Gasteiger partial charge in [0.15, 0.2) is 12.1 Å². The molecule has 0 saturated carbocycles. The van der Waals surface area contributed by atoms with E-state index in [0.717, 1.165) is 0 Å². The van der Waals surface area contributed by atoms with Gasteiger partial charge in [-0.2, -0.15) is 13.2 Å². The lowest BCUT2D eigenvalue weighted by Gasteiger charge is -2.29. The van der Waals surface area contributed by atoms with E-state index in [0.29, 0.717) is 0 Å². The second-order valence-electron chi connectivity index (χ2n) is 6.50. The molecule has 2 saturated heterocycles. The summed E-state index contributed by atoms with van der Waals surface area (Å²) in [5.41, 5.74) is 0.00325. The number of rotatable bonds is 4. The Morgan fingerprint density at radius 3 is 2.35 bits per heavy atom. The summed E-state index contributed by atoms with van der Waals surface area (Å²) in [4.78, 5) is 12.1. The minimum atomic E-state index is -4.86. The highest BCUT2D eigenvalue weighted by Gasteiger charge is 2.63. The third-order valence-corrected chi connectivity index (χ3v) is 4.14. The van der Waals surface area contributed by atoms with Gasteiger partial charge >= 0.3 is 12.1 Å². The van der Waals surface area contributed by atoms with E-state index in [-0.39, 0.29) is 5.56 Å². The minimum Gasteiger partial charge on any atom is -0.446 e. The van der Waals surface area contributed by atoms with Crippen LogP contribution in [0.4, 0.5) is 13.2 Å². The van der Waals surface area contributed by atoms with Crippen molar-refractivity contribution in [2.24, 2.45) is 0 Å². The maximum Gasteiger partial charge on any atom is 0.428 e. The van der Waals surface area contributed by atoms with Crippen molar-refractivity contribution in [3.8, 4) is 0 Å². The normalized spacial score (nSPS) is 31.5. The largest absolute Gasteiger partial charge is 0.446 e. The van der Waals surface area contributed by atoms with E-state index in [1.165, 1.54) is 31.4 Å². The van der Waals surface area contributed by atoms with Crippen LogP contribution in [0.2, 0.25) is 0 Å². The fraction of sp³-hybridized carbons (Fsp3) is 0.588. The second kappa shape index (κ2) is 6.80. The Balaban J connectivity index is 1.85. The number of benzene rings is 1. The average molecular weight is 376 g/mol. The zero-order valence-electron chi connectivity index (χ0n) is 14.4. The van der Waals surface area contributed by atoms with Crippen molar-refractivity contribution in [1.29, 1.82) is 0 Å². The van der Waals surface area contributed by atoms with Crippen LogP contribution in [0.3, 0.4) is 0 Å². The van der Waals surface area contributed by atoms with Crippen molar-refractivity contribution in [1.82, 2.24) is 0 Å². The highest BCUT2D eigenvalue weighted by molar-refractivity contribution is 5.89. The molecule has 1 aromatic carbocycles. The molecule has 0 radical (unpaired) electrons. The smallest absolute Gasteiger partial charge is 0.428 e. The standard InChI is InChI=1S/C17H19F3O6/c1-16(2)25-10-11(23-15(22-3)12(10)26-16)13(17(18,19)20)24-14(21)9-7-5-4-6-8-9/h4-8,10-13,15H,1-3H3/t10-,11+,12-,13?,15-/m1/s1. The van der Waals surface area contributed by atoms with Gasteiger partial charge in [-0.15, -0.1) is 0 Å². The Morgan fingerprint density at radius 2 is 1.77 bits per heavy atom. The van der Waals surface area contributed by atoms with Gasteiger partial charge in [-0.05, 0) is 26.0 Å². The van der Waals surface area contributed by atoms with Crippen LogP contribution in [0.15, 0.2) is 30.3 Å². The molecule has 6 nitrogen and oxygen atoms in total. The first kappa shape index (κ1) is 19.1. The summed E-state index contributed by atoms with van der Waals surface area (Å²) in [7, 11) is 1.29. The first-order valence-corrected chi connectivity index (χ1v) is 7.99. The van der Waals surface area contributed by atoms with E-state index in [9.17, 15) is 18.0 Å². The summed E-state index contributed by atoms with van der Waals surface area (Å²) >= 11 is 0. The predicted octanol–water partition coefficient (Wildman–Crippen LogP) is 2.67.